The maximum atomic E-state index is 4.44. The zero-order valence-electron chi connectivity index (χ0n) is 12.8. The van der Waals surface area contributed by atoms with Gasteiger partial charge in [0.05, 0.1) is 17.4 Å². The Hall–Kier alpha value is -0.900. The van der Waals surface area contributed by atoms with Gasteiger partial charge in [0.15, 0.2) is 0 Å². The smallest absolute Gasteiger partial charge is 0.0996 e. The molecule has 0 saturated heterocycles. The molecule has 1 aliphatic carbocycles. The second-order valence-electron chi connectivity index (χ2n) is 6.32. The molecule has 0 amide bonds. The third-order valence-electron chi connectivity index (χ3n) is 4.39. The van der Waals surface area contributed by atoms with Gasteiger partial charge in [0.2, 0.25) is 0 Å². The Morgan fingerprint density at radius 3 is 2.58 bits per heavy atom. The van der Waals surface area contributed by atoms with Crippen LogP contribution in [-0.2, 0) is 13.0 Å². The molecule has 1 unspecified atom stereocenters. The van der Waals surface area contributed by atoms with Gasteiger partial charge < -0.3 is 5.32 Å². The standard InChI is InChI=1S/C15H28N4/c1-11(2)8-9-15-14(10-16-4)17-18-19(15)12(3)13-6-5-7-13/h11-13,16H,5-10H2,1-4H3. The van der Waals surface area contributed by atoms with Crippen molar-refractivity contribution in [1.82, 2.24) is 20.3 Å². The minimum atomic E-state index is 0.508. The molecular formula is C15H28N4. The molecule has 4 nitrogen and oxygen atoms in total. The molecule has 1 fully saturated rings. The molecule has 4 heteroatoms. The summed E-state index contributed by atoms with van der Waals surface area (Å²) in [6.07, 6.45) is 6.40. The van der Waals surface area contributed by atoms with Crippen LogP contribution in [0.1, 0.15) is 63.9 Å². The molecule has 0 radical (unpaired) electrons. The summed E-state index contributed by atoms with van der Waals surface area (Å²) in [6, 6.07) is 0.508. The van der Waals surface area contributed by atoms with Crippen LogP contribution in [0.15, 0.2) is 0 Å². The summed E-state index contributed by atoms with van der Waals surface area (Å²) in [7, 11) is 1.97. The third-order valence-corrected chi connectivity index (χ3v) is 4.39. The first-order valence-electron chi connectivity index (χ1n) is 7.71. The lowest BCUT2D eigenvalue weighted by Crippen LogP contribution is -2.25. The van der Waals surface area contributed by atoms with Crippen molar-refractivity contribution in [1.29, 1.82) is 0 Å². The average Bonchev–Trinajstić information content (AvgIpc) is 2.67. The zero-order valence-corrected chi connectivity index (χ0v) is 12.8. The lowest BCUT2D eigenvalue weighted by atomic mass is 9.80. The minimum absolute atomic E-state index is 0.508. The van der Waals surface area contributed by atoms with Crippen LogP contribution < -0.4 is 5.32 Å². The van der Waals surface area contributed by atoms with Gasteiger partial charge in [-0.2, -0.15) is 0 Å². The van der Waals surface area contributed by atoms with Crippen molar-refractivity contribution in [2.45, 2.75) is 65.5 Å². The number of rotatable bonds is 7. The number of hydrogen-bond acceptors (Lipinski definition) is 3. The van der Waals surface area contributed by atoms with Gasteiger partial charge in [-0.3, -0.25) is 0 Å². The highest BCUT2D eigenvalue weighted by molar-refractivity contribution is 5.11. The third kappa shape index (κ3) is 3.35. The monoisotopic (exact) mass is 264 g/mol. The molecule has 1 saturated carbocycles. The number of nitrogens with one attached hydrogen (secondary N) is 1. The fraction of sp³-hybridized carbons (Fsp3) is 0.867. The predicted molar refractivity (Wildman–Crippen MR) is 78.0 cm³/mol. The van der Waals surface area contributed by atoms with Gasteiger partial charge in [0, 0.05) is 6.54 Å². The Morgan fingerprint density at radius 2 is 2.05 bits per heavy atom. The maximum Gasteiger partial charge on any atom is 0.0996 e. The Balaban J connectivity index is 2.15. The van der Waals surface area contributed by atoms with E-state index < -0.39 is 0 Å². The van der Waals surface area contributed by atoms with E-state index in [9.17, 15) is 0 Å². The normalized spacial score (nSPS) is 17.7. The van der Waals surface area contributed by atoms with Crippen LogP contribution in [0.3, 0.4) is 0 Å². The average molecular weight is 264 g/mol. The van der Waals surface area contributed by atoms with Crippen molar-refractivity contribution < 1.29 is 0 Å². The van der Waals surface area contributed by atoms with Gasteiger partial charge in [0.1, 0.15) is 0 Å². The fourth-order valence-corrected chi connectivity index (χ4v) is 2.78. The largest absolute Gasteiger partial charge is 0.314 e. The van der Waals surface area contributed by atoms with E-state index in [2.05, 4.69) is 41.1 Å². The van der Waals surface area contributed by atoms with E-state index in [-0.39, 0.29) is 0 Å². The van der Waals surface area contributed by atoms with Crippen molar-refractivity contribution in [3.8, 4) is 0 Å². The topological polar surface area (TPSA) is 42.7 Å². The number of nitrogens with zero attached hydrogens (tertiary/aromatic N) is 3. The van der Waals surface area contributed by atoms with E-state index in [0.717, 1.165) is 30.5 Å². The summed E-state index contributed by atoms with van der Waals surface area (Å²) in [6.45, 7) is 7.69. The first-order valence-corrected chi connectivity index (χ1v) is 7.71. The quantitative estimate of drug-likeness (QED) is 0.823. The highest BCUT2D eigenvalue weighted by Crippen LogP contribution is 2.36. The molecule has 0 aromatic carbocycles. The maximum absolute atomic E-state index is 4.44. The van der Waals surface area contributed by atoms with Crippen molar-refractivity contribution >= 4 is 0 Å². The molecular weight excluding hydrogens is 236 g/mol. The van der Waals surface area contributed by atoms with Crippen LogP contribution >= 0.6 is 0 Å². The molecule has 108 valence electrons. The Morgan fingerprint density at radius 1 is 1.32 bits per heavy atom. The van der Waals surface area contributed by atoms with E-state index in [1.54, 1.807) is 0 Å². The molecule has 19 heavy (non-hydrogen) atoms. The number of hydrogen-bond donors (Lipinski definition) is 1. The molecule has 0 aliphatic heterocycles. The van der Waals surface area contributed by atoms with Gasteiger partial charge >= 0.3 is 0 Å². The molecule has 1 heterocycles. The first kappa shape index (κ1) is 14.5. The molecule has 1 atom stereocenters. The van der Waals surface area contributed by atoms with E-state index in [4.69, 9.17) is 0 Å². The highest BCUT2D eigenvalue weighted by atomic mass is 15.4. The van der Waals surface area contributed by atoms with Crippen LogP contribution in [-0.4, -0.2) is 22.0 Å². The lowest BCUT2D eigenvalue weighted by molar-refractivity contribution is 0.204. The Bertz CT molecular complexity index is 393. The highest BCUT2D eigenvalue weighted by Gasteiger charge is 2.28. The van der Waals surface area contributed by atoms with Crippen LogP contribution in [0.5, 0.6) is 0 Å². The molecule has 0 bridgehead atoms. The summed E-state index contributed by atoms with van der Waals surface area (Å²) < 4.78 is 2.21. The van der Waals surface area contributed by atoms with E-state index in [1.165, 1.54) is 31.4 Å². The van der Waals surface area contributed by atoms with Crippen molar-refractivity contribution in [3.63, 3.8) is 0 Å². The Kier molecular flexibility index (Phi) is 4.97. The predicted octanol–water partition coefficient (Wildman–Crippen LogP) is 2.95. The molecule has 0 spiro atoms. The molecule has 1 N–H and O–H groups in total. The van der Waals surface area contributed by atoms with Gasteiger partial charge in [-0.25, -0.2) is 4.68 Å². The molecule has 2 rings (SSSR count). The van der Waals surface area contributed by atoms with Crippen LogP contribution in [0.2, 0.25) is 0 Å². The van der Waals surface area contributed by atoms with Crippen molar-refractivity contribution in [2.75, 3.05) is 7.05 Å². The van der Waals surface area contributed by atoms with Crippen LogP contribution in [0.25, 0.3) is 0 Å². The SMILES string of the molecule is CNCc1nnn(C(C)C2CCC2)c1CCC(C)C. The number of aromatic nitrogens is 3. The molecule has 1 aliphatic rings. The van der Waals surface area contributed by atoms with Crippen molar-refractivity contribution in [3.05, 3.63) is 11.4 Å². The summed E-state index contributed by atoms with van der Waals surface area (Å²) in [5.74, 6) is 1.53. The second-order valence-corrected chi connectivity index (χ2v) is 6.32. The summed E-state index contributed by atoms with van der Waals surface area (Å²) in [5, 5.41) is 12.0. The van der Waals surface area contributed by atoms with Gasteiger partial charge in [0.25, 0.3) is 0 Å². The molecule has 1 aromatic heterocycles. The van der Waals surface area contributed by atoms with Crippen molar-refractivity contribution in [2.24, 2.45) is 11.8 Å². The van der Waals surface area contributed by atoms with Gasteiger partial charge in [-0.1, -0.05) is 25.5 Å². The molecule has 1 aromatic rings. The van der Waals surface area contributed by atoms with Gasteiger partial charge in [-0.15, -0.1) is 5.10 Å². The first-order chi connectivity index (χ1) is 9.13. The van der Waals surface area contributed by atoms with E-state index in [0.29, 0.717) is 6.04 Å². The van der Waals surface area contributed by atoms with Crippen LogP contribution in [0, 0.1) is 11.8 Å². The lowest BCUT2D eigenvalue weighted by Gasteiger charge is -2.32. The van der Waals surface area contributed by atoms with Crippen LogP contribution in [0.4, 0.5) is 0 Å². The Labute approximate surface area is 117 Å². The van der Waals surface area contributed by atoms with Gasteiger partial charge in [-0.05, 0) is 51.5 Å². The summed E-state index contributed by atoms with van der Waals surface area (Å²) in [4.78, 5) is 0. The van der Waals surface area contributed by atoms with E-state index in [1.807, 2.05) is 7.05 Å². The summed E-state index contributed by atoms with van der Waals surface area (Å²) in [5.41, 5.74) is 2.48. The van der Waals surface area contributed by atoms with E-state index >= 15 is 0 Å². The zero-order chi connectivity index (χ0) is 13.8. The second kappa shape index (κ2) is 6.51. The fourth-order valence-electron chi connectivity index (χ4n) is 2.78. The summed E-state index contributed by atoms with van der Waals surface area (Å²) >= 11 is 0. The minimum Gasteiger partial charge on any atom is -0.314 e.